The van der Waals surface area contributed by atoms with Crippen molar-refractivity contribution in [3.8, 4) is 0 Å². The lowest BCUT2D eigenvalue weighted by molar-refractivity contribution is -0.000459. The van der Waals surface area contributed by atoms with Crippen molar-refractivity contribution in [1.29, 1.82) is 0 Å². The Labute approximate surface area is 153 Å². The number of hydrogen-bond acceptors (Lipinski definition) is 6. The molecule has 8 heteroatoms. The Kier molecular flexibility index (Phi) is 5.22. The van der Waals surface area contributed by atoms with Crippen LogP contribution >= 0.6 is 0 Å². The van der Waals surface area contributed by atoms with Crippen LogP contribution in [0.5, 0.6) is 0 Å². The first-order valence-corrected chi connectivity index (χ1v) is 8.96. The Bertz CT molecular complexity index is 762. The average Bonchev–Trinajstić information content (AvgIpc) is 3.02. The molecule has 1 aliphatic rings. The van der Waals surface area contributed by atoms with E-state index in [1.807, 2.05) is 18.7 Å². The summed E-state index contributed by atoms with van der Waals surface area (Å²) in [6.07, 6.45) is 4.84. The van der Waals surface area contributed by atoms with Gasteiger partial charge in [-0.3, -0.25) is 9.48 Å². The molecular formula is C18H26N6O2. The number of aromatic nitrogens is 4. The zero-order valence-electron chi connectivity index (χ0n) is 15.6. The van der Waals surface area contributed by atoms with Crippen molar-refractivity contribution in [2.75, 3.05) is 31.6 Å². The molecule has 0 radical (unpaired) electrons. The molecule has 1 N–H and O–H groups in total. The van der Waals surface area contributed by atoms with Crippen molar-refractivity contribution in [3.05, 3.63) is 35.9 Å². The molecule has 0 aromatic carbocycles. The van der Waals surface area contributed by atoms with Crippen LogP contribution < -0.4 is 4.90 Å². The van der Waals surface area contributed by atoms with Gasteiger partial charge in [0.15, 0.2) is 5.69 Å². The summed E-state index contributed by atoms with van der Waals surface area (Å²) in [6, 6.07) is 3.56. The molecule has 1 fully saturated rings. The minimum Gasteiger partial charge on any atom is -0.386 e. The van der Waals surface area contributed by atoms with Crippen molar-refractivity contribution in [3.63, 3.8) is 0 Å². The first-order valence-electron chi connectivity index (χ1n) is 8.96. The normalized spacial score (nSPS) is 20.2. The average molecular weight is 358 g/mol. The lowest BCUT2D eigenvalue weighted by Gasteiger charge is -2.41. The number of β-amino-alcohol motifs (C(OH)–C–C–N with tert-alkyl or cyclic N) is 1. The third-order valence-corrected chi connectivity index (χ3v) is 4.77. The van der Waals surface area contributed by atoms with Crippen molar-refractivity contribution < 1.29 is 9.90 Å². The number of aliphatic hydroxyl groups is 1. The summed E-state index contributed by atoms with van der Waals surface area (Å²) in [7, 11) is 1.71. The van der Waals surface area contributed by atoms with Crippen molar-refractivity contribution in [2.24, 2.45) is 0 Å². The molecule has 0 aliphatic carbocycles. The first kappa shape index (κ1) is 18.3. The number of nitrogens with zero attached hydrogens (tertiary/aromatic N) is 6. The Morgan fingerprint density at radius 1 is 1.38 bits per heavy atom. The van der Waals surface area contributed by atoms with Crippen molar-refractivity contribution in [2.45, 2.75) is 38.8 Å². The predicted octanol–water partition coefficient (Wildman–Crippen LogP) is 1.10. The van der Waals surface area contributed by atoms with Crippen LogP contribution in [-0.2, 0) is 6.54 Å². The summed E-state index contributed by atoms with van der Waals surface area (Å²) in [5.41, 5.74) is 0.368. The number of aryl methyl sites for hydroxylation is 2. The number of likely N-dealkylation sites (N-methyl/N-ethyl adjacent to an activating group) is 1. The van der Waals surface area contributed by atoms with Crippen LogP contribution in [0, 0.1) is 6.92 Å². The van der Waals surface area contributed by atoms with Crippen LogP contribution in [0.1, 0.15) is 35.9 Å². The molecule has 8 nitrogen and oxygen atoms in total. The van der Waals surface area contributed by atoms with Gasteiger partial charge in [-0.1, -0.05) is 0 Å². The second-order valence-electron chi connectivity index (χ2n) is 6.95. The molecule has 1 atom stereocenters. The standard InChI is InChI=1S/C18H26N6O2/c1-4-24-14(2)11-15(21-24)16(25)22(3)12-18(26)7-5-10-23(13-18)17-19-8-6-9-20-17/h6,8-9,11,26H,4-5,7,10,12-13H2,1-3H3/t18-/m0/s1. The second kappa shape index (κ2) is 7.41. The maximum Gasteiger partial charge on any atom is 0.274 e. The van der Waals surface area contributed by atoms with Crippen LogP contribution in [0.15, 0.2) is 24.5 Å². The summed E-state index contributed by atoms with van der Waals surface area (Å²) in [5, 5.41) is 15.4. The van der Waals surface area contributed by atoms with Crippen LogP contribution in [0.25, 0.3) is 0 Å². The van der Waals surface area contributed by atoms with Gasteiger partial charge in [0, 0.05) is 38.2 Å². The monoisotopic (exact) mass is 358 g/mol. The third kappa shape index (κ3) is 3.85. The number of piperidine rings is 1. The molecular weight excluding hydrogens is 332 g/mol. The van der Waals surface area contributed by atoms with E-state index >= 15 is 0 Å². The minimum absolute atomic E-state index is 0.179. The zero-order chi connectivity index (χ0) is 18.7. The van der Waals surface area contributed by atoms with Crippen LogP contribution in [0.3, 0.4) is 0 Å². The summed E-state index contributed by atoms with van der Waals surface area (Å²) in [6.45, 7) is 6.08. The van der Waals surface area contributed by atoms with E-state index in [0.29, 0.717) is 24.6 Å². The van der Waals surface area contributed by atoms with Gasteiger partial charge in [0.05, 0.1) is 18.7 Å². The van der Waals surface area contributed by atoms with E-state index in [1.54, 1.807) is 41.2 Å². The van der Waals surface area contributed by atoms with Gasteiger partial charge in [-0.15, -0.1) is 0 Å². The molecule has 26 heavy (non-hydrogen) atoms. The fraction of sp³-hybridized carbons (Fsp3) is 0.556. The summed E-state index contributed by atoms with van der Waals surface area (Å²) < 4.78 is 1.80. The molecule has 0 bridgehead atoms. The SMILES string of the molecule is CCn1nc(C(=O)N(C)C[C@@]2(O)CCCN(c3ncccn3)C2)cc1C. The third-order valence-electron chi connectivity index (χ3n) is 4.77. The lowest BCUT2D eigenvalue weighted by Crippen LogP contribution is -2.55. The van der Waals surface area contributed by atoms with E-state index in [1.165, 1.54) is 0 Å². The van der Waals surface area contributed by atoms with Crippen LogP contribution in [0.4, 0.5) is 5.95 Å². The van der Waals surface area contributed by atoms with Gasteiger partial charge < -0.3 is 14.9 Å². The number of anilines is 1. The van der Waals surface area contributed by atoms with E-state index in [2.05, 4.69) is 15.1 Å². The molecule has 1 amide bonds. The molecule has 2 aromatic rings. The predicted molar refractivity (Wildman–Crippen MR) is 98.0 cm³/mol. The molecule has 1 saturated heterocycles. The van der Waals surface area contributed by atoms with Gasteiger partial charge in [0.2, 0.25) is 5.95 Å². The van der Waals surface area contributed by atoms with E-state index in [4.69, 9.17) is 0 Å². The lowest BCUT2D eigenvalue weighted by atomic mass is 9.92. The summed E-state index contributed by atoms with van der Waals surface area (Å²) >= 11 is 0. The topological polar surface area (TPSA) is 87.4 Å². The van der Waals surface area contributed by atoms with E-state index in [0.717, 1.165) is 25.2 Å². The quantitative estimate of drug-likeness (QED) is 0.861. The molecule has 0 saturated carbocycles. The highest BCUT2D eigenvalue weighted by Gasteiger charge is 2.36. The molecule has 0 unspecified atom stereocenters. The summed E-state index contributed by atoms with van der Waals surface area (Å²) in [5.74, 6) is 0.429. The molecule has 3 heterocycles. The van der Waals surface area contributed by atoms with E-state index < -0.39 is 5.60 Å². The van der Waals surface area contributed by atoms with Gasteiger partial charge in [-0.25, -0.2) is 9.97 Å². The van der Waals surface area contributed by atoms with Gasteiger partial charge in [-0.2, -0.15) is 5.10 Å². The molecule has 0 spiro atoms. The Hall–Kier alpha value is -2.48. The highest BCUT2D eigenvalue weighted by molar-refractivity contribution is 5.92. The highest BCUT2D eigenvalue weighted by atomic mass is 16.3. The molecule has 1 aliphatic heterocycles. The van der Waals surface area contributed by atoms with Crippen LogP contribution in [-0.4, -0.2) is 67.9 Å². The fourth-order valence-electron chi connectivity index (χ4n) is 3.51. The smallest absolute Gasteiger partial charge is 0.274 e. The Morgan fingerprint density at radius 2 is 2.12 bits per heavy atom. The second-order valence-corrected chi connectivity index (χ2v) is 6.95. The zero-order valence-corrected chi connectivity index (χ0v) is 15.6. The number of carbonyl (C=O) groups excluding carboxylic acids is 1. The van der Waals surface area contributed by atoms with E-state index in [9.17, 15) is 9.90 Å². The minimum atomic E-state index is -0.996. The molecule has 2 aromatic heterocycles. The largest absolute Gasteiger partial charge is 0.386 e. The van der Waals surface area contributed by atoms with E-state index in [-0.39, 0.29) is 12.5 Å². The number of amides is 1. The van der Waals surface area contributed by atoms with Crippen molar-refractivity contribution in [1.82, 2.24) is 24.6 Å². The number of carbonyl (C=O) groups is 1. The Balaban J connectivity index is 1.68. The maximum absolute atomic E-state index is 12.7. The highest BCUT2D eigenvalue weighted by Crippen LogP contribution is 2.25. The van der Waals surface area contributed by atoms with Gasteiger partial charge in [0.25, 0.3) is 5.91 Å². The van der Waals surface area contributed by atoms with Crippen LogP contribution in [0.2, 0.25) is 0 Å². The van der Waals surface area contributed by atoms with Gasteiger partial charge >= 0.3 is 0 Å². The van der Waals surface area contributed by atoms with Crippen molar-refractivity contribution >= 4 is 11.9 Å². The van der Waals surface area contributed by atoms with Gasteiger partial charge in [-0.05, 0) is 38.8 Å². The fourth-order valence-corrected chi connectivity index (χ4v) is 3.51. The Morgan fingerprint density at radius 3 is 2.77 bits per heavy atom. The maximum atomic E-state index is 12.7. The molecule has 140 valence electrons. The summed E-state index contributed by atoms with van der Waals surface area (Å²) in [4.78, 5) is 24.7. The number of hydrogen-bond donors (Lipinski definition) is 1. The molecule has 3 rings (SSSR count). The number of rotatable bonds is 5. The van der Waals surface area contributed by atoms with Gasteiger partial charge in [0.1, 0.15) is 0 Å². The first-order chi connectivity index (χ1) is 12.4.